The summed E-state index contributed by atoms with van der Waals surface area (Å²) in [7, 11) is -0.659. The van der Waals surface area contributed by atoms with Crippen LogP contribution in [0.5, 0.6) is 11.5 Å². The van der Waals surface area contributed by atoms with Crippen LogP contribution in [0, 0.1) is 11.8 Å². The molecule has 0 radical (unpaired) electrons. The first-order chi connectivity index (χ1) is 12.4. The summed E-state index contributed by atoms with van der Waals surface area (Å²) in [6.45, 7) is 8.35. The van der Waals surface area contributed by atoms with Crippen molar-refractivity contribution in [1.82, 2.24) is 9.62 Å². The lowest BCUT2D eigenvalue weighted by Crippen LogP contribution is -2.39. The van der Waals surface area contributed by atoms with Gasteiger partial charge in [-0.1, -0.05) is 13.8 Å². The highest BCUT2D eigenvalue weighted by Crippen LogP contribution is 2.28. The predicted molar refractivity (Wildman–Crippen MR) is 103 cm³/mol. The third kappa shape index (κ3) is 5.86. The summed E-state index contributed by atoms with van der Waals surface area (Å²) >= 11 is 0. The summed E-state index contributed by atoms with van der Waals surface area (Å²) in [6.07, 6.45) is 3.10. The Hall–Kier alpha value is -1.31. The van der Waals surface area contributed by atoms with E-state index in [-0.39, 0.29) is 4.90 Å². The number of benzene rings is 1. The number of nitrogens with zero attached hydrogens (tertiary/aromatic N) is 1. The third-order valence-corrected chi connectivity index (χ3v) is 6.28. The Morgan fingerprint density at radius 2 is 1.81 bits per heavy atom. The lowest BCUT2D eigenvalue weighted by Gasteiger charge is -2.34. The predicted octanol–water partition coefficient (Wildman–Crippen LogP) is 2.74. The number of hydrogen-bond donors (Lipinski definition) is 1. The lowest BCUT2D eigenvalue weighted by atomic mass is 9.92. The van der Waals surface area contributed by atoms with Crippen molar-refractivity contribution < 1.29 is 17.9 Å². The van der Waals surface area contributed by atoms with Crippen LogP contribution >= 0.6 is 0 Å². The highest BCUT2D eigenvalue weighted by Gasteiger charge is 2.22. The topological polar surface area (TPSA) is 67.9 Å². The van der Waals surface area contributed by atoms with Crippen LogP contribution in [0.4, 0.5) is 0 Å². The van der Waals surface area contributed by atoms with Crippen LogP contribution in [0.3, 0.4) is 0 Å². The zero-order valence-corrected chi connectivity index (χ0v) is 17.1. The van der Waals surface area contributed by atoms with Crippen molar-refractivity contribution in [3.8, 4) is 11.5 Å². The number of likely N-dealkylation sites (tertiary alicyclic amines) is 1. The van der Waals surface area contributed by atoms with E-state index in [1.807, 2.05) is 0 Å². The van der Waals surface area contributed by atoms with E-state index in [0.717, 1.165) is 44.3 Å². The van der Waals surface area contributed by atoms with Gasteiger partial charge in [0.25, 0.3) is 0 Å². The largest absolute Gasteiger partial charge is 0.497 e. The first-order valence-corrected chi connectivity index (χ1v) is 10.8. The smallest absolute Gasteiger partial charge is 0.244 e. The summed E-state index contributed by atoms with van der Waals surface area (Å²) < 4.78 is 38.1. The molecule has 0 aromatic heterocycles. The molecule has 0 aliphatic carbocycles. The van der Waals surface area contributed by atoms with Gasteiger partial charge in [0.15, 0.2) is 0 Å². The molecule has 2 unspecified atom stereocenters. The SMILES string of the molecule is COc1ccc(OC)c(S(=O)(=O)NCCCCN2CC(C)CC(C)C2)c1. The molecule has 26 heavy (non-hydrogen) atoms. The summed E-state index contributed by atoms with van der Waals surface area (Å²) in [5.74, 6) is 2.30. The summed E-state index contributed by atoms with van der Waals surface area (Å²) in [5, 5.41) is 0. The van der Waals surface area contributed by atoms with Crippen molar-refractivity contribution in [1.29, 1.82) is 0 Å². The average molecular weight is 385 g/mol. The van der Waals surface area contributed by atoms with E-state index in [9.17, 15) is 8.42 Å². The Balaban J connectivity index is 1.83. The molecule has 1 aliphatic heterocycles. The first kappa shape index (κ1) is 21.0. The second-order valence-electron chi connectivity index (χ2n) is 7.33. The van der Waals surface area contributed by atoms with Crippen LogP contribution < -0.4 is 14.2 Å². The van der Waals surface area contributed by atoms with Crippen molar-refractivity contribution in [2.45, 2.75) is 38.0 Å². The minimum absolute atomic E-state index is 0.109. The maximum Gasteiger partial charge on any atom is 0.244 e. The minimum Gasteiger partial charge on any atom is -0.497 e. The number of nitrogens with one attached hydrogen (secondary N) is 1. The van der Waals surface area contributed by atoms with Crippen molar-refractivity contribution in [3.63, 3.8) is 0 Å². The van der Waals surface area contributed by atoms with E-state index in [0.29, 0.717) is 18.0 Å². The number of sulfonamides is 1. The molecule has 0 saturated carbocycles. The number of unbranched alkanes of at least 4 members (excludes halogenated alkanes) is 1. The maximum absolute atomic E-state index is 12.6. The molecule has 7 heteroatoms. The number of hydrogen-bond acceptors (Lipinski definition) is 5. The van der Waals surface area contributed by atoms with E-state index in [1.165, 1.54) is 26.7 Å². The van der Waals surface area contributed by atoms with Gasteiger partial charge in [0, 0.05) is 25.7 Å². The standard InChI is InChI=1S/C19H32N2O4S/c1-15-11-16(2)14-21(13-15)10-6-5-9-20-26(22,23)19-12-17(24-3)7-8-18(19)25-4/h7-8,12,15-16,20H,5-6,9-11,13-14H2,1-4H3. The van der Waals surface area contributed by atoms with Crippen LogP contribution in [0.25, 0.3) is 0 Å². The van der Waals surface area contributed by atoms with Gasteiger partial charge in [-0.25, -0.2) is 13.1 Å². The quantitative estimate of drug-likeness (QED) is 0.663. The van der Waals surface area contributed by atoms with Gasteiger partial charge in [-0.15, -0.1) is 0 Å². The lowest BCUT2D eigenvalue weighted by molar-refractivity contribution is 0.139. The van der Waals surface area contributed by atoms with E-state index in [1.54, 1.807) is 12.1 Å². The van der Waals surface area contributed by atoms with Crippen molar-refractivity contribution in [2.75, 3.05) is 40.4 Å². The van der Waals surface area contributed by atoms with E-state index >= 15 is 0 Å². The second-order valence-corrected chi connectivity index (χ2v) is 9.06. The highest BCUT2D eigenvalue weighted by molar-refractivity contribution is 7.89. The molecule has 148 valence electrons. The van der Waals surface area contributed by atoms with Gasteiger partial charge in [-0.2, -0.15) is 0 Å². The molecule has 1 aliphatic rings. The Morgan fingerprint density at radius 3 is 2.42 bits per heavy atom. The average Bonchev–Trinajstić information content (AvgIpc) is 2.60. The van der Waals surface area contributed by atoms with Gasteiger partial charge >= 0.3 is 0 Å². The fourth-order valence-corrected chi connectivity index (χ4v) is 4.97. The van der Waals surface area contributed by atoms with Gasteiger partial charge < -0.3 is 14.4 Å². The van der Waals surface area contributed by atoms with E-state index in [2.05, 4.69) is 23.5 Å². The van der Waals surface area contributed by atoms with Crippen molar-refractivity contribution in [3.05, 3.63) is 18.2 Å². The third-order valence-electron chi connectivity index (χ3n) is 4.80. The van der Waals surface area contributed by atoms with Gasteiger partial charge in [0.05, 0.1) is 14.2 Å². The number of piperidine rings is 1. The Bertz CT molecular complexity index is 668. The molecular formula is C19H32N2O4S. The molecule has 1 saturated heterocycles. The van der Waals surface area contributed by atoms with Crippen LogP contribution in [0.15, 0.2) is 23.1 Å². The molecule has 0 amide bonds. The van der Waals surface area contributed by atoms with Gasteiger partial charge in [-0.05, 0) is 49.8 Å². The fraction of sp³-hybridized carbons (Fsp3) is 0.684. The molecule has 2 atom stereocenters. The summed E-state index contributed by atoms with van der Waals surface area (Å²) in [4.78, 5) is 2.61. The molecule has 1 aromatic rings. The molecule has 2 rings (SSSR count). The zero-order valence-electron chi connectivity index (χ0n) is 16.3. The normalized spacial score (nSPS) is 21.5. The van der Waals surface area contributed by atoms with E-state index < -0.39 is 10.0 Å². The first-order valence-electron chi connectivity index (χ1n) is 9.29. The number of ether oxygens (including phenoxy) is 2. The molecule has 1 aromatic carbocycles. The Kier molecular flexibility index (Phi) is 7.73. The number of rotatable bonds is 9. The number of methoxy groups -OCH3 is 2. The van der Waals surface area contributed by atoms with Crippen LogP contribution in [0.1, 0.15) is 33.1 Å². The van der Waals surface area contributed by atoms with Crippen molar-refractivity contribution >= 4 is 10.0 Å². The van der Waals surface area contributed by atoms with E-state index in [4.69, 9.17) is 9.47 Å². The minimum atomic E-state index is -3.63. The zero-order chi connectivity index (χ0) is 19.2. The van der Waals surface area contributed by atoms with Gasteiger partial charge in [0.1, 0.15) is 16.4 Å². The second kappa shape index (κ2) is 9.58. The maximum atomic E-state index is 12.6. The molecule has 1 N–H and O–H groups in total. The highest BCUT2D eigenvalue weighted by atomic mass is 32.2. The van der Waals surface area contributed by atoms with Gasteiger partial charge in [-0.3, -0.25) is 0 Å². The molecule has 6 nitrogen and oxygen atoms in total. The molecular weight excluding hydrogens is 352 g/mol. The van der Waals surface area contributed by atoms with Crippen LogP contribution in [-0.2, 0) is 10.0 Å². The molecule has 0 spiro atoms. The Labute approximate surface area is 157 Å². The molecule has 0 bridgehead atoms. The molecule has 1 heterocycles. The molecule has 1 fully saturated rings. The summed E-state index contributed by atoms with van der Waals surface area (Å²) in [5.41, 5.74) is 0. The fourth-order valence-electron chi connectivity index (χ4n) is 3.71. The Morgan fingerprint density at radius 1 is 1.12 bits per heavy atom. The van der Waals surface area contributed by atoms with Crippen LogP contribution in [-0.4, -0.2) is 53.7 Å². The van der Waals surface area contributed by atoms with Crippen LogP contribution in [0.2, 0.25) is 0 Å². The van der Waals surface area contributed by atoms with Crippen molar-refractivity contribution in [2.24, 2.45) is 11.8 Å². The van der Waals surface area contributed by atoms with Gasteiger partial charge in [0.2, 0.25) is 10.0 Å². The monoisotopic (exact) mass is 384 g/mol. The summed E-state index contributed by atoms with van der Waals surface area (Å²) in [6, 6.07) is 4.77.